The molecule has 0 amide bonds. The van der Waals surface area contributed by atoms with Crippen LogP contribution in [0.15, 0.2) is 146 Å². The third kappa shape index (κ3) is 4.65. The first-order valence-electron chi connectivity index (χ1n) is 16.4. The molecular weight excluding hydrogens is 872 g/mol. The summed E-state index contributed by atoms with van der Waals surface area (Å²) in [6.45, 7) is 0. The van der Waals surface area contributed by atoms with Crippen molar-refractivity contribution < 1.29 is 0 Å². The molecule has 0 aliphatic carbocycles. The van der Waals surface area contributed by atoms with Crippen molar-refractivity contribution in [2.75, 3.05) is 0 Å². The fraction of sp³-hybridized carbons (Fsp3) is 0. The van der Waals surface area contributed by atoms with Gasteiger partial charge in [0.2, 0.25) is 0 Å². The molecule has 0 bridgehead atoms. The van der Waals surface area contributed by atoms with Gasteiger partial charge < -0.3 is 0 Å². The molecule has 10 rings (SSSR count). The molecule has 0 saturated carbocycles. The average molecular weight is 896 g/mol. The van der Waals surface area contributed by atoms with Gasteiger partial charge in [-0.15, -0.1) is 0 Å². The Balaban J connectivity index is 1.69. The van der Waals surface area contributed by atoms with Gasteiger partial charge in [0, 0.05) is 10.4 Å². The molecule has 50 heavy (non-hydrogen) atoms. The highest BCUT2D eigenvalue weighted by molar-refractivity contribution is 9.34. The third-order valence-corrected chi connectivity index (χ3v) is 11.9. The van der Waals surface area contributed by atoms with Gasteiger partial charge in [0.1, 0.15) is 0 Å². The first-order valence-corrected chi connectivity index (χ1v) is 19.6. The van der Waals surface area contributed by atoms with Gasteiger partial charge in [0.05, 0.1) is 6.78 Å². The lowest BCUT2D eigenvalue weighted by molar-refractivity contribution is 1.65. The summed E-state index contributed by atoms with van der Waals surface area (Å²) >= 11 is 15.7. The van der Waals surface area contributed by atoms with E-state index < -0.39 is 0 Å². The fourth-order valence-corrected chi connectivity index (χ4v) is 9.85. The third-order valence-electron chi connectivity index (χ3n) is 10.3. The van der Waals surface area contributed by atoms with Crippen molar-refractivity contribution in [3.05, 3.63) is 166 Å². The molecule has 0 N–H and O–H groups in total. The summed E-state index contributed by atoms with van der Waals surface area (Å²) in [6.07, 6.45) is 0. The van der Waals surface area contributed by atoms with Gasteiger partial charge >= 0.3 is 0 Å². The maximum absolute atomic E-state index is 3.91. The summed E-state index contributed by atoms with van der Waals surface area (Å²) in [4.78, 5) is 0. The van der Waals surface area contributed by atoms with Crippen LogP contribution in [0.25, 0.3) is 93.0 Å². The maximum atomic E-state index is 3.91. The van der Waals surface area contributed by atoms with Crippen LogP contribution in [-0.2, 0) is 0 Å². The molecule has 10 aromatic carbocycles. The Kier molecular flexibility index (Phi) is 7.22. The van der Waals surface area contributed by atoms with Gasteiger partial charge in [0.15, 0.2) is 0 Å². The Bertz CT molecular complexity index is 2920. The predicted octanol–water partition coefficient (Wildman–Crippen LogP) is 13.9. The van der Waals surface area contributed by atoms with Crippen molar-refractivity contribution in [3.63, 3.8) is 0 Å². The lowest BCUT2D eigenvalue weighted by Gasteiger charge is -2.15. The van der Waals surface area contributed by atoms with Gasteiger partial charge in [-0.3, -0.25) is 0 Å². The Morgan fingerprint density at radius 3 is 0.620 bits per heavy atom. The Hall–Kier alpha value is -4.06. The van der Waals surface area contributed by atoms with Crippen molar-refractivity contribution in [1.29, 1.82) is 0 Å². The molecule has 0 unspecified atom stereocenters. The molecule has 0 radical (unpaired) electrons. The number of fused-ring (bicyclic) bond motifs is 8. The number of hydrogen-bond acceptors (Lipinski definition) is 0. The summed E-state index contributed by atoms with van der Waals surface area (Å²) in [6, 6.07) is 53.9. The predicted molar refractivity (Wildman–Crippen MR) is 232 cm³/mol. The summed E-state index contributed by atoms with van der Waals surface area (Å²) in [5.41, 5.74) is 0. The number of rotatable bonds is 0. The van der Waals surface area contributed by atoms with E-state index in [9.17, 15) is 0 Å². The van der Waals surface area contributed by atoms with Crippen molar-refractivity contribution in [2.45, 2.75) is 0 Å². The second-order valence-electron chi connectivity index (χ2n) is 13.0. The minimum atomic E-state index is 0.942. The van der Waals surface area contributed by atoms with E-state index in [1.54, 1.807) is 0 Å². The van der Waals surface area contributed by atoms with Crippen molar-refractivity contribution >= 4 is 157 Å². The summed E-state index contributed by atoms with van der Waals surface area (Å²) in [7, 11) is 0. The molecule has 0 aromatic heterocycles. The molecule has 0 saturated heterocycles. The number of benzene rings is 10. The zero-order chi connectivity index (χ0) is 33.7. The van der Waals surface area contributed by atoms with Gasteiger partial charge in [-0.1, -0.05) is 97.1 Å². The maximum Gasteiger partial charge on any atom is 0.0688 e. The van der Waals surface area contributed by atoms with Crippen molar-refractivity contribution in [1.82, 2.24) is 0 Å². The largest absolute Gasteiger partial charge is 0.0688 e. The molecule has 0 spiro atoms. The molecule has 0 heterocycles. The highest BCUT2D eigenvalue weighted by Gasteiger charge is 2.16. The fourth-order valence-electron chi connectivity index (χ4n) is 8.14. The van der Waals surface area contributed by atoms with Crippen LogP contribution in [0, 0.1) is 10.4 Å². The summed E-state index contributed by atoms with van der Waals surface area (Å²) in [5.74, 6) is 0. The van der Waals surface area contributed by atoms with Gasteiger partial charge in [0.25, 0.3) is 0 Å². The quantitative estimate of drug-likeness (QED) is 0.133. The van der Waals surface area contributed by atoms with Crippen LogP contribution in [0.1, 0.15) is 0 Å². The average Bonchev–Trinajstić information content (AvgIpc) is 3.13. The van der Waals surface area contributed by atoms with Gasteiger partial charge in [-0.05, 0) is 209 Å². The van der Waals surface area contributed by atoms with Gasteiger partial charge in [-0.2, -0.15) is 0 Å². The molecule has 10 aromatic rings. The SMILES string of the molecule is BrC(Br)=c1c2cc3ccccc3cc2c(=c2c3cc4ccccc4cc3c(=C(Br)Br)c3cc4ccccc4cc23)c2cc3ccccc3cc12. The second kappa shape index (κ2) is 11.7. The van der Waals surface area contributed by atoms with E-state index in [1.165, 1.54) is 96.6 Å². The second-order valence-corrected chi connectivity index (χ2v) is 18.3. The first-order chi connectivity index (χ1) is 24.4. The summed E-state index contributed by atoms with van der Waals surface area (Å²) < 4.78 is 1.88. The van der Waals surface area contributed by atoms with Crippen LogP contribution in [0.4, 0.5) is 0 Å². The smallest absolute Gasteiger partial charge is 0.0616 e. The zero-order valence-corrected chi connectivity index (χ0v) is 32.7. The van der Waals surface area contributed by atoms with Crippen molar-refractivity contribution in [3.8, 4) is 0 Å². The van der Waals surface area contributed by atoms with Crippen LogP contribution in [0.5, 0.6) is 0 Å². The Morgan fingerprint density at radius 1 is 0.260 bits per heavy atom. The van der Waals surface area contributed by atoms with E-state index in [0.717, 1.165) is 17.2 Å². The normalized spacial score (nSPS) is 12.0. The highest BCUT2D eigenvalue weighted by Crippen LogP contribution is 2.36. The lowest BCUT2D eigenvalue weighted by atomic mass is 9.89. The van der Waals surface area contributed by atoms with E-state index in [1.807, 2.05) is 0 Å². The van der Waals surface area contributed by atoms with Gasteiger partial charge in [-0.25, -0.2) is 0 Å². The zero-order valence-electron chi connectivity index (χ0n) is 26.4. The number of hydrogen-bond donors (Lipinski definition) is 0. The van der Waals surface area contributed by atoms with Crippen LogP contribution >= 0.6 is 63.7 Å². The van der Waals surface area contributed by atoms with Crippen LogP contribution in [-0.4, -0.2) is 0 Å². The van der Waals surface area contributed by atoms with Crippen LogP contribution < -0.4 is 10.4 Å². The molecule has 4 heteroatoms. The lowest BCUT2D eigenvalue weighted by Crippen LogP contribution is -2.09. The minimum absolute atomic E-state index is 0.942. The van der Waals surface area contributed by atoms with E-state index in [0.29, 0.717) is 0 Å². The first kappa shape index (κ1) is 30.7. The molecule has 0 atom stereocenters. The molecule has 236 valence electrons. The van der Waals surface area contributed by atoms with E-state index in [4.69, 9.17) is 0 Å². The standard InChI is InChI=1S/C46H24Br4/c47-45(48)43-37-21-29-13-5-1-9-25(29)17-33(37)41(34-18-26-10-2-6-14-30(26)22-38(34)43)42-35-19-27-11-3-7-15-31(27)23-39(35)44(46(49)50)40-24-32-16-8-4-12-28(32)20-36(40)42/h1-24H. The van der Waals surface area contributed by atoms with E-state index in [-0.39, 0.29) is 0 Å². The molecule has 0 fully saturated rings. The molecular formula is C46H24Br4. The topological polar surface area (TPSA) is 0 Å². The summed E-state index contributed by atoms with van der Waals surface area (Å²) in [5, 5.41) is 24.2. The Labute approximate surface area is 320 Å². The minimum Gasteiger partial charge on any atom is -0.0616 e. The van der Waals surface area contributed by atoms with E-state index in [2.05, 4.69) is 209 Å². The highest BCUT2D eigenvalue weighted by atomic mass is 79.9. The molecule has 0 nitrogen and oxygen atoms in total. The van der Waals surface area contributed by atoms with Crippen LogP contribution in [0.3, 0.4) is 0 Å². The van der Waals surface area contributed by atoms with E-state index >= 15 is 0 Å². The monoisotopic (exact) mass is 892 g/mol. The molecule has 0 aliphatic rings. The van der Waals surface area contributed by atoms with Crippen molar-refractivity contribution in [2.24, 2.45) is 0 Å². The Morgan fingerprint density at radius 2 is 0.440 bits per heavy atom. The van der Waals surface area contributed by atoms with Crippen LogP contribution in [0.2, 0.25) is 0 Å². The molecule has 0 aliphatic heterocycles. The number of halogens is 4.